The molecule has 0 atom stereocenters. The molecule has 4 nitrogen and oxygen atoms in total. The minimum atomic E-state index is 0.588. The minimum Gasteiger partial charge on any atom is -0.495 e. The van der Waals surface area contributed by atoms with Crippen LogP contribution in [0, 0.1) is 0 Å². The van der Waals surface area contributed by atoms with Crippen LogP contribution in [0.5, 0.6) is 11.5 Å². The molecule has 1 aliphatic heterocycles. The summed E-state index contributed by atoms with van der Waals surface area (Å²) in [7, 11) is 1.72. The largest absolute Gasteiger partial charge is 0.495 e. The van der Waals surface area contributed by atoms with Crippen molar-refractivity contribution in [1.29, 1.82) is 0 Å². The van der Waals surface area contributed by atoms with Gasteiger partial charge >= 0.3 is 0 Å². The molecule has 1 saturated heterocycles. The summed E-state index contributed by atoms with van der Waals surface area (Å²) in [6.45, 7) is 5.38. The topological polar surface area (TPSA) is 24.9 Å². The van der Waals surface area contributed by atoms with Crippen LogP contribution in [0.3, 0.4) is 0 Å². The molecule has 0 saturated carbocycles. The van der Waals surface area contributed by atoms with Gasteiger partial charge < -0.3 is 14.4 Å². The fourth-order valence-corrected chi connectivity index (χ4v) is 3.31. The molecule has 0 radical (unpaired) electrons. The van der Waals surface area contributed by atoms with Crippen LogP contribution in [-0.2, 0) is 0 Å². The molecular weight excluding hydrogens is 359 g/mol. The van der Waals surface area contributed by atoms with Crippen molar-refractivity contribution in [3.8, 4) is 11.5 Å². The summed E-state index contributed by atoms with van der Waals surface area (Å²) in [6.07, 6.45) is 0. The maximum atomic E-state index is 6.12. The maximum Gasteiger partial charge on any atom is 0.142 e. The van der Waals surface area contributed by atoms with Gasteiger partial charge in [0.05, 0.1) is 17.8 Å². The molecule has 0 spiro atoms. The number of ether oxygens (including phenoxy) is 2. The first-order valence-corrected chi connectivity index (χ1v) is 9.11. The molecule has 1 fully saturated rings. The van der Waals surface area contributed by atoms with Crippen molar-refractivity contribution in [1.82, 2.24) is 4.90 Å². The van der Waals surface area contributed by atoms with Gasteiger partial charge in [0.1, 0.15) is 18.1 Å². The van der Waals surface area contributed by atoms with Crippen molar-refractivity contribution in [2.24, 2.45) is 0 Å². The van der Waals surface area contributed by atoms with Gasteiger partial charge in [0, 0.05) is 43.8 Å². The number of benzene rings is 2. The molecule has 0 aromatic heterocycles. The van der Waals surface area contributed by atoms with Gasteiger partial charge in [-0.1, -0.05) is 35.3 Å². The highest BCUT2D eigenvalue weighted by Crippen LogP contribution is 2.29. The van der Waals surface area contributed by atoms with Crippen molar-refractivity contribution in [3.05, 3.63) is 52.5 Å². The SMILES string of the molecule is COc1ccccc1N1CCN(CCOc2cc(Cl)ccc2Cl)CC1. The van der Waals surface area contributed by atoms with E-state index in [-0.39, 0.29) is 0 Å². The zero-order valence-electron chi connectivity index (χ0n) is 14.3. The summed E-state index contributed by atoms with van der Waals surface area (Å²) in [5.74, 6) is 1.57. The molecule has 6 heteroatoms. The number of piperazine rings is 1. The van der Waals surface area contributed by atoms with Gasteiger partial charge in [-0.2, -0.15) is 0 Å². The zero-order chi connectivity index (χ0) is 17.6. The summed E-state index contributed by atoms with van der Waals surface area (Å²) in [5.41, 5.74) is 1.16. The Balaban J connectivity index is 1.47. The first-order valence-electron chi connectivity index (χ1n) is 8.35. The maximum absolute atomic E-state index is 6.12. The highest BCUT2D eigenvalue weighted by molar-refractivity contribution is 6.34. The summed E-state index contributed by atoms with van der Waals surface area (Å²) < 4.78 is 11.2. The molecule has 134 valence electrons. The predicted molar refractivity (Wildman–Crippen MR) is 104 cm³/mol. The Morgan fingerprint density at radius 1 is 0.960 bits per heavy atom. The predicted octanol–water partition coefficient (Wildman–Crippen LogP) is 4.20. The van der Waals surface area contributed by atoms with Crippen LogP contribution in [0.1, 0.15) is 0 Å². The number of anilines is 1. The van der Waals surface area contributed by atoms with Crippen molar-refractivity contribution in [3.63, 3.8) is 0 Å². The Hall–Kier alpha value is -1.62. The van der Waals surface area contributed by atoms with Gasteiger partial charge in [0.15, 0.2) is 0 Å². The van der Waals surface area contributed by atoms with Gasteiger partial charge in [-0.15, -0.1) is 0 Å². The molecule has 0 N–H and O–H groups in total. The summed E-state index contributed by atoms with van der Waals surface area (Å²) in [6, 6.07) is 13.4. The van der Waals surface area contributed by atoms with E-state index in [0.717, 1.165) is 44.2 Å². The van der Waals surface area contributed by atoms with E-state index in [0.29, 0.717) is 22.4 Å². The van der Waals surface area contributed by atoms with Gasteiger partial charge in [-0.3, -0.25) is 4.90 Å². The molecule has 1 aliphatic rings. The molecule has 25 heavy (non-hydrogen) atoms. The van der Waals surface area contributed by atoms with Crippen LogP contribution in [0.2, 0.25) is 10.0 Å². The Kier molecular flexibility index (Phi) is 6.29. The molecule has 1 heterocycles. The summed E-state index contributed by atoms with van der Waals surface area (Å²) in [5, 5.41) is 1.22. The van der Waals surface area contributed by atoms with E-state index in [1.807, 2.05) is 18.2 Å². The average molecular weight is 381 g/mol. The minimum absolute atomic E-state index is 0.588. The third-order valence-corrected chi connectivity index (χ3v) is 4.90. The highest BCUT2D eigenvalue weighted by Gasteiger charge is 2.19. The smallest absolute Gasteiger partial charge is 0.142 e. The quantitative estimate of drug-likeness (QED) is 0.749. The van der Waals surface area contributed by atoms with E-state index in [4.69, 9.17) is 32.7 Å². The number of hydrogen-bond acceptors (Lipinski definition) is 4. The standard InChI is InChI=1S/C19H22Cl2N2O2/c1-24-18-5-3-2-4-17(18)23-10-8-22(9-11-23)12-13-25-19-14-15(20)6-7-16(19)21/h2-7,14H,8-13H2,1H3. The lowest BCUT2D eigenvalue weighted by atomic mass is 10.2. The molecule has 0 aliphatic carbocycles. The van der Waals surface area contributed by atoms with Crippen molar-refractivity contribution in [2.45, 2.75) is 0 Å². The number of nitrogens with zero attached hydrogens (tertiary/aromatic N) is 2. The number of para-hydroxylation sites is 2. The molecular formula is C19H22Cl2N2O2. The van der Waals surface area contributed by atoms with Gasteiger partial charge in [0.2, 0.25) is 0 Å². The van der Waals surface area contributed by atoms with Gasteiger partial charge in [-0.05, 0) is 24.3 Å². The van der Waals surface area contributed by atoms with E-state index in [2.05, 4.69) is 15.9 Å². The lowest BCUT2D eigenvalue weighted by Gasteiger charge is -2.36. The number of rotatable bonds is 6. The second-order valence-electron chi connectivity index (χ2n) is 5.92. The van der Waals surface area contributed by atoms with Crippen molar-refractivity contribution >= 4 is 28.9 Å². The molecule has 0 bridgehead atoms. The number of halogens is 2. The van der Waals surface area contributed by atoms with Gasteiger partial charge in [-0.25, -0.2) is 0 Å². The molecule has 2 aromatic rings. The first kappa shape index (κ1) is 18.2. The van der Waals surface area contributed by atoms with Crippen LogP contribution in [0.25, 0.3) is 0 Å². The second kappa shape index (κ2) is 8.65. The summed E-state index contributed by atoms with van der Waals surface area (Å²) in [4.78, 5) is 4.76. The van der Waals surface area contributed by atoms with Crippen molar-refractivity contribution in [2.75, 3.05) is 51.3 Å². The number of hydrogen-bond donors (Lipinski definition) is 0. The molecule has 3 rings (SSSR count). The average Bonchev–Trinajstić information content (AvgIpc) is 2.65. The van der Waals surface area contributed by atoms with Crippen LogP contribution in [0.15, 0.2) is 42.5 Å². The molecule has 2 aromatic carbocycles. The van der Waals surface area contributed by atoms with E-state index in [1.165, 1.54) is 0 Å². The third kappa shape index (κ3) is 4.72. The van der Waals surface area contributed by atoms with Crippen LogP contribution in [-0.4, -0.2) is 51.3 Å². The first-order chi connectivity index (χ1) is 12.2. The van der Waals surface area contributed by atoms with Crippen LogP contribution >= 0.6 is 23.2 Å². The second-order valence-corrected chi connectivity index (χ2v) is 6.77. The lowest BCUT2D eigenvalue weighted by Crippen LogP contribution is -2.47. The van der Waals surface area contributed by atoms with Crippen LogP contribution in [0.4, 0.5) is 5.69 Å². The van der Waals surface area contributed by atoms with E-state index >= 15 is 0 Å². The Morgan fingerprint density at radius 3 is 2.48 bits per heavy atom. The third-order valence-electron chi connectivity index (χ3n) is 4.36. The van der Waals surface area contributed by atoms with Crippen molar-refractivity contribution < 1.29 is 9.47 Å². The van der Waals surface area contributed by atoms with E-state index in [9.17, 15) is 0 Å². The number of methoxy groups -OCH3 is 1. The monoisotopic (exact) mass is 380 g/mol. The van der Waals surface area contributed by atoms with Crippen LogP contribution < -0.4 is 14.4 Å². The normalized spacial score (nSPS) is 15.2. The molecule has 0 unspecified atom stereocenters. The van der Waals surface area contributed by atoms with E-state index < -0.39 is 0 Å². The lowest BCUT2D eigenvalue weighted by molar-refractivity contribution is 0.200. The summed E-state index contributed by atoms with van der Waals surface area (Å²) >= 11 is 12.1. The fraction of sp³-hybridized carbons (Fsp3) is 0.368. The zero-order valence-corrected chi connectivity index (χ0v) is 15.8. The van der Waals surface area contributed by atoms with Gasteiger partial charge in [0.25, 0.3) is 0 Å². The Morgan fingerprint density at radius 2 is 1.72 bits per heavy atom. The fourth-order valence-electron chi connectivity index (χ4n) is 2.98. The molecule has 0 amide bonds. The Bertz CT molecular complexity index is 704. The van der Waals surface area contributed by atoms with E-state index in [1.54, 1.807) is 25.3 Å². The Labute approximate surface area is 158 Å². The highest BCUT2D eigenvalue weighted by atomic mass is 35.5.